The lowest BCUT2D eigenvalue weighted by atomic mass is 10.1. The molecule has 186 valence electrons. The van der Waals surface area contributed by atoms with Crippen LogP contribution >= 0.6 is 0 Å². The molecule has 0 saturated heterocycles. The molecule has 0 heterocycles. The summed E-state index contributed by atoms with van der Waals surface area (Å²) in [6, 6.07) is 9.01. The van der Waals surface area contributed by atoms with E-state index in [2.05, 4.69) is 5.32 Å². The van der Waals surface area contributed by atoms with Crippen molar-refractivity contribution in [2.75, 3.05) is 17.1 Å². The number of amides is 2. The highest BCUT2D eigenvalue weighted by atomic mass is 32.2. The van der Waals surface area contributed by atoms with Gasteiger partial charge in [0.2, 0.25) is 21.8 Å². The number of carbonyl (C=O) groups excluding carboxylic acids is 2. The molecule has 34 heavy (non-hydrogen) atoms. The average molecular weight is 496 g/mol. The molecule has 0 aliphatic rings. The number of anilines is 1. The van der Waals surface area contributed by atoms with E-state index in [0.717, 1.165) is 29.5 Å². The molecule has 0 saturated carbocycles. The van der Waals surface area contributed by atoms with Crippen LogP contribution < -0.4 is 9.62 Å². The summed E-state index contributed by atoms with van der Waals surface area (Å²) < 4.78 is 52.8. The number of benzene rings is 2. The first-order chi connectivity index (χ1) is 15.6. The van der Waals surface area contributed by atoms with E-state index < -0.39 is 51.6 Å². The standard InChI is InChI=1S/C24H31F2N3O4S/c1-16-8-7-9-18(12-16)14-28(17(2)23(31)27-24(3,4)5)22(30)15-29(34(6,32)33)19-10-11-20(25)21(26)13-19/h7-13,17H,14-15H2,1-6H3,(H,27,31)/t17-/m1/s1. The Morgan fingerprint density at radius 2 is 1.71 bits per heavy atom. The van der Waals surface area contributed by atoms with Crippen molar-refractivity contribution >= 4 is 27.5 Å². The van der Waals surface area contributed by atoms with Crippen LogP contribution in [0.4, 0.5) is 14.5 Å². The Hall–Kier alpha value is -3.01. The molecule has 10 heteroatoms. The third-order valence-corrected chi connectivity index (χ3v) is 6.11. The third-order valence-electron chi connectivity index (χ3n) is 4.97. The van der Waals surface area contributed by atoms with Crippen LogP contribution in [-0.4, -0.2) is 49.5 Å². The summed E-state index contributed by atoms with van der Waals surface area (Å²) in [5, 5.41) is 2.82. The molecular weight excluding hydrogens is 464 g/mol. The number of aryl methyl sites for hydroxylation is 1. The summed E-state index contributed by atoms with van der Waals surface area (Å²) in [6.07, 6.45) is 0.863. The lowest BCUT2D eigenvalue weighted by molar-refractivity contribution is -0.140. The first-order valence-corrected chi connectivity index (χ1v) is 12.5. The van der Waals surface area contributed by atoms with Gasteiger partial charge in [0.15, 0.2) is 11.6 Å². The van der Waals surface area contributed by atoms with Crippen LogP contribution in [0.25, 0.3) is 0 Å². The Balaban J connectivity index is 2.43. The van der Waals surface area contributed by atoms with Crippen molar-refractivity contribution in [2.24, 2.45) is 0 Å². The number of sulfonamides is 1. The summed E-state index contributed by atoms with van der Waals surface area (Å²) in [5.74, 6) is -3.47. The molecule has 0 aliphatic carbocycles. The molecule has 0 fully saturated rings. The summed E-state index contributed by atoms with van der Waals surface area (Å²) in [5.41, 5.74) is 0.962. The topological polar surface area (TPSA) is 86.8 Å². The van der Waals surface area contributed by atoms with Gasteiger partial charge in [-0.3, -0.25) is 13.9 Å². The fourth-order valence-corrected chi connectivity index (χ4v) is 4.16. The van der Waals surface area contributed by atoms with Crippen LogP contribution in [0, 0.1) is 18.6 Å². The van der Waals surface area contributed by atoms with Crippen LogP contribution in [0.5, 0.6) is 0 Å². The molecule has 0 radical (unpaired) electrons. The zero-order chi connectivity index (χ0) is 25.8. The van der Waals surface area contributed by atoms with E-state index in [4.69, 9.17) is 0 Å². The smallest absolute Gasteiger partial charge is 0.244 e. The summed E-state index contributed by atoms with van der Waals surface area (Å²) in [7, 11) is -4.03. The molecule has 0 unspecified atom stereocenters. The van der Waals surface area contributed by atoms with Crippen molar-refractivity contribution in [3.8, 4) is 0 Å². The van der Waals surface area contributed by atoms with Gasteiger partial charge in [-0.1, -0.05) is 29.8 Å². The molecule has 0 aromatic heterocycles. The van der Waals surface area contributed by atoms with Gasteiger partial charge in [-0.15, -0.1) is 0 Å². The first kappa shape index (κ1) is 27.2. The monoisotopic (exact) mass is 495 g/mol. The van der Waals surface area contributed by atoms with Crippen molar-refractivity contribution in [3.05, 3.63) is 65.2 Å². The van der Waals surface area contributed by atoms with Gasteiger partial charge in [-0.05, 0) is 52.3 Å². The number of rotatable bonds is 8. The largest absolute Gasteiger partial charge is 0.350 e. The van der Waals surface area contributed by atoms with Crippen LogP contribution in [-0.2, 0) is 26.2 Å². The summed E-state index contributed by atoms with van der Waals surface area (Å²) in [6.45, 7) is 8.21. The molecule has 2 rings (SSSR count). The van der Waals surface area contributed by atoms with Gasteiger partial charge in [0.25, 0.3) is 0 Å². The molecule has 7 nitrogen and oxygen atoms in total. The lowest BCUT2D eigenvalue weighted by Gasteiger charge is -2.33. The molecule has 0 bridgehead atoms. The fraction of sp³-hybridized carbons (Fsp3) is 0.417. The highest BCUT2D eigenvalue weighted by Crippen LogP contribution is 2.22. The van der Waals surface area contributed by atoms with Crippen LogP contribution in [0.3, 0.4) is 0 Å². The molecular formula is C24H31F2N3O4S. The molecule has 0 spiro atoms. The van der Waals surface area contributed by atoms with E-state index in [9.17, 15) is 26.8 Å². The van der Waals surface area contributed by atoms with E-state index in [1.807, 2.05) is 25.1 Å². The van der Waals surface area contributed by atoms with Crippen molar-refractivity contribution in [2.45, 2.75) is 52.7 Å². The second-order valence-corrected chi connectivity index (χ2v) is 11.2. The number of carbonyl (C=O) groups is 2. The molecule has 2 aromatic rings. The number of hydrogen-bond acceptors (Lipinski definition) is 4. The zero-order valence-electron chi connectivity index (χ0n) is 20.2. The van der Waals surface area contributed by atoms with Gasteiger partial charge in [-0.2, -0.15) is 0 Å². The maximum Gasteiger partial charge on any atom is 0.244 e. The van der Waals surface area contributed by atoms with Crippen molar-refractivity contribution in [1.82, 2.24) is 10.2 Å². The highest BCUT2D eigenvalue weighted by Gasteiger charge is 2.31. The Bertz CT molecular complexity index is 1160. The second kappa shape index (κ2) is 10.5. The Morgan fingerprint density at radius 3 is 2.24 bits per heavy atom. The number of nitrogens with zero attached hydrogens (tertiary/aromatic N) is 2. The van der Waals surface area contributed by atoms with Crippen molar-refractivity contribution in [3.63, 3.8) is 0 Å². The number of halogens is 2. The highest BCUT2D eigenvalue weighted by molar-refractivity contribution is 7.92. The average Bonchev–Trinajstić information content (AvgIpc) is 2.69. The van der Waals surface area contributed by atoms with E-state index >= 15 is 0 Å². The van der Waals surface area contributed by atoms with E-state index in [1.165, 1.54) is 4.90 Å². The fourth-order valence-electron chi connectivity index (χ4n) is 3.32. The van der Waals surface area contributed by atoms with Gasteiger partial charge in [0, 0.05) is 18.2 Å². The predicted octanol–water partition coefficient (Wildman–Crippen LogP) is 3.37. The Kier molecular flexibility index (Phi) is 8.41. The summed E-state index contributed by atoms with van der Waals surface area (Å²) >= 11 is 0. The van der Waals surface area contributed by atoms with Crippen LogP contribution in [0.2, 0.25) is 0 Å². The minimum atomic E-state index is -4.03. The Morgan fingerprint density at radius 1 is 1.06 bits per heavy atom. The molecule has 2 aromatic carbocycles. The predicted molar refractivity (Wildman–Crippen MR) is 128 cm³/mol. The first-order valence-electron chi connectivity index (χ1n) is 10.7. The Labute approximate surface area is 199 Å². The number of nitrogens with one attached hydrogen (secondary N) is 1. The van der Waals surface area contributed by atoms with E-state index in [0.29, 0.717) is 10.4 Å². The van der Waals surface area contributed by atoms with Crippen LogP contribution in [0.15, 0.2) is 42.5 Å². The van der Waals surface area contributed by atoms with E-state index in [1.54, 1.807) is 33.8 Å². The lowest BCUT2D eigenvalue weighted by Crippen LogP contribution is -2.54. The van der Waals surface area contributed by atoms with E-state index in [-0.39, 0.29) is 12.2 Å². The minimum Gasteiger partial charge on any atom is -0.350 e. The molecule has 1 atom stereocenters. The van der Waals surface area contributed by atoms with Crippen molar-refractivity contribution in [1.29, 1.82) is 0 Å². The van der Waals surface area contributed by atoms with Crippen molar-refractivity contribution < 1.29 is 26.8 Å². The molecule has 1 N–H and O–H groups in total. The van der Waals surface area contributed by atoms with Gasteiger partial charge in [0.1, 0.15) is 12.6 Å². The maximum atomic E-state index is 13.8. The van der Waals surface area contributed by atoms with Gasteiger partial charge in [-0.25, -0.2) is 17.2 Å². The van der Waals surface area contributed by atoms with Gasteiger partial charge in [0.05, 0.1) is 11.9 Å². The van der Waals surface area contributed by atoms with Crippen LogP contribution in [0.1, 0.15) is 38.8 Å². The normalized spacial score (nSPS) is 12.7. The zero-order valence-corrected chi connectivity index (χ0v) is 21.0. The molecule has 2 amide bonds. The van der Waals surface area contributed by atoms with Gasteiger partial charge < -0.3 is 10.2 Å². The SMILES string of the molecule is Cc1cccc(CN(C(=O)CN(c2ccc(F)c(F)c2)S(C)(=O)=O)[C@H](C)C(=O)NC(C)(C)C)c1. The molecule has 0 aliphatic heterocycles. The summed E-state index contributed by atoms with van der Waals surface area (Å²) in [4.78, 5) is 27.5. The maximum absolute atomic E-state index is 13.8. The quantitative estimate of drug-likeness (QED) is 0.608. The van der Waals surface area contributed by atoms with Gasteiger partial charge >= 0.3 is 0 Å². The second-order valence-electron chi connectivity index (χ2n) is 9.29. The number of hydrogen-bond donors (Lipinski definition) is 1. The minimum absolute atomic E-state index is 0.0502. The third kappa shape index (κ3) is 7.51.